The zero-order valence-electron chi connectivity index (χ0n) is 13.0. The smallest absolute Gasteiger partial charge is 0.204 e. The van der Waals surface area contributed by atoms with Gasteiger partial charge in [-0.25, -0.2) is 9.97 Å². The van der Waals surface area contributed by atoms with Crippen LogP contribution in [0.25, 0.3) is 22.6 Å². The highest BCUT2D eigenvalue weighted by Gasteiger charge is 2.18. The number of rotatable bonds is 3. The van der Waals surface area contributed by atoms with Gasteiger partial charge in [0.25, 0.3) is 0 Å². The second-order valence-corrected chi connectivity index (χ2v) is 5.79. The van der Waals surface area contributed by atoms with Gasteiger partial charge in [0.2, 0.25) is 5.82 Å². The van der Waals surface area contributed by atoms with Crippen molar-refractivity contribution in [2.75, 3.05) is 18.0 Å². The van der Waals surface area contributed by atoms with Crippen LogP contribution in [0, 0.1) is 0 Å². The summed E-state index contributed by atoms with van der Waals surface area (Å²) in [5.41, 5.74) is 2.76. The fourth-order valence-corrected chi connectivity index (χ4v) is 2.85. The van der Waals surface area contributed by atoms with Gasteiger partial charge in [0, 0.05) is 30.3 Å². The lowest BCUT2D eigenvalue weighted by atomic mass is 10.1. The number of nitrogens with one attached hydrogen (secondary N) is 1. The minimum absolute atomic E-state index is 0.194. The van der Waals surface area contributed by atoms with Crippen LogP contribution in [-0.2, 0) is 0 Å². The predicted molar refractivity (Wildman–Crippen MR) is 88.1 cm³/mol. The van der Waals surface area contributed by atoms with Crippen LogP contribution in [0.15, 0.2) is 36.7 Å². The average molecular weight is 323 g/mol. The number of hydrogen-bond acceptors (Lipinski definition) is 7. The Balaban J connectivity index is 1.57. The number of nitrogens with zero attached hydrogens (tertiary/aromatic N) is 6. The van der Waals surface area contributed by atoms with Crippen LogP contribution in [0.2, 0.25) is 0 Å². The van der Waals surface area contributed by atoms with Crippen LogP contribution in [0.4, 0.5) is 5.82 Å². The van der Waals surface area contributed by atoms with E-state index in [0.717, 1.165) is 48.6 Å². The maximum atomic E-state index is 9.63. The molecule has 4 rings (SSSR count). The van der Waals surface area contributed by atoms with Gasteiger partial charge in [0.05, 0.1) is 11.8 Å². The van der Waals surface area contributed by atoms with Crippen LogP contribution in [0.5, 0.6) is 0 Å². The first-order valence-corrected chi connectivity index (χ1v) is 7.89. The summed E-state index contributed by atoms with van der Waals surface area (Å²) < 4.78 is 0. The third kappa shape index (κ3) is 2.95. The van der Waals surface area contributed by atoms with E-state index in [1.54, 1.807) is 6.33 Å². The molecule has 3 heterocycles. The van der Waals surface area contributed by atoms with Crippen molar-refractivity contribution in [1.29, 1.82) is 0 Å². The molecule has 0 saturated carbocycles. The molecule has 0 amide bonds. The Kier molecular flexibility index (Phi) is 3.87. The van der Waals surface area contributed by atoms with Crippen LogP contribution in [-0.4, -0.2) is 54.9 Å². The molecule has 0 spiro atoms. The number of tetrazole rings is 1. The Morgan fingerprint density at radius 1 is 1.04 bits per heavy atom. The summed E-state index contributed by atoms with van der Waals surface area (Å²) in [6.07, 6.45) is 2.94. The number of aromatic amines is 1. The zero-order valence-corrected chi connectivity index (χ0v) is 13.0. The van der Waals surface area contributed by atoms with Crippen LogP contribution < -0.4 is 4.90 Å². The summed E-state index contributed by atoms with van der Waals surface area (Å²) >= 11 is 0. The molecule has 1 fully saturated rings. The van der Waals surface area contributed by atoms with E-state index in [0.29, 0.717) is 5.82 Å². The van der Waals surface area contributed by atoms with Crippen LogP contribution >= 0.6 is 0 Å². The van der Waals surface area contributed by atoms with E-state index in [1.807, 2.05) is 30.3 Å². The Bertz CT molecular complexity index is 796. The van der Waals surface area contributed by atoms with E-state index in [-0.39, 0.29) is 6.10 Å². The van der Waals surface area contributed by atoms with Crippen molar-refractivity contribution in [3.05, 3.63) is 36.7 Å². The molecule has 8 heteroatoms. The normalized spacial score (nSPS) is 15.6. The fraction of sp³-hybridized carbons (Fsp3) is 0.312. The molecule has 3 aromatic rings. The van der Waals surface area contributed by atoms with Gasteiger partial charge in [-0.05, 0) is 18.1 Å². The molecule has 1 aromatic carbocycles. The molecule has 0 aliphatic carbocycles. The van der Waals surface area contributed by atoms with E-state index in [4.69, 9.17) is 0 Å². The number of aliphatic hydroxyl groups excluding tert-OH is 1. The second kappa shape index (κ2) is 6.32. The Labute approximate surface area is 138 Å². The zero-order chi connectivity index (χ0) is 16.4. The molecule has 1 aliphatic rings. The quantitative estimate of drug-likeness (QED) is 0.748. The van der Waals surface area contributed by atoms with Crippen molar-refractivity contribution < 1.29 is 5.11 Å². The standard InChI is InChI=1S/C16H17N7O/c24-13-5-7-23(8-6-13)15-9-14(17-10-18-15)11-1-3-12(4-2-11)16-19-21-22-20-16/h1-4,9-10,13,24H,5-8H2,(H,19,20,21,22). The Hall–Kier alpha value is -2.87. The van der Waals surface area contributed by atoms with E-state index >= 15 is 0 Å². The van der Waals surface area contributed by atoms with Crippen molar-refractivity contribution in [2.45, 2.75) is 18.9 Å². The van der Waals surface area contributed by atoms with Gasteiger partial charge in [-0.1, -0.05) is 24.3 Å². The molecule has 0 bridgehead atoms. The molecule has 0 radical (unpaired) electrons. The number of benzene rings is 1. The lowest BCUT2D eigenvalue weighted by Gasteiger charge is -2.30. The summed E-state index contributed by atoms with van der Waals surface area (Å²) in [6, 6.07) is 9.84. The van der Waals surface area contributed by atoms with E-state index in [9.17, 15) is 5.11 Å². The van der Waals surface area contributed by atoms with Crippen molar-refractivity contribution in [3.8, 4) is 22.6 Å². The van der Waals surface area contributed by atoms with Crippen molar-refractivity contribution in [1.82, 2.24) is 30.6 Å². The van der Waals surface area contributed by atoms with Crippen molar-refractivity contribution in [3.63, 3.8) is 0 Å². The van der Waals surface area contributed by atoms with Gasteiger partial charge in [0.15, 0.2) is 0 Å². The molecule has 24 heavy (non-hydrogen) atoms. The Morgan fingerprint density at radius 2 is 1.79 bits per heavy atom. The van der Waals surface area contributed by atoms with Gasteiger partial charge in [0.1, 0.15) is 12.1 Å². The third-order valence-electron chi connectivity index (χ3n) is 4.23. The first-order chi connectivity index (χ1) is 11.8. The highest BCUT2D eigenvalue weighted by atomic mass is 16.3. The number of H-pyrrole nitrogens is 1. The Morgan fingerprint density at radius 3 is 2.50 bits per heavy atom. The number of aliphatic hydroxyl groups is 1. The molecule has 1 saturated heterocycles. The number of aromatic nitrogens is 6. The topological polar surface area (TPSA) is 104 Å². The number of anilines is 1. The number of hydrogen-bond donors (Lipinski definition) is 2. The number of piperidine rings is 1. The van der Waals surface area contributed by atoms with E-state index in [1.165, 1.54) is 0 Å². The molecule has 0 unspecified atom stereocenters. The van der Waals surface area contributed by atoms with Gasteiger partial charge in [-0.3, -0.25) is 0 Å². The summed E-state index contributed by atoms with van der Waals surface area (Å²) in [5.74, 6) is 1.46. The molecule has 122 valence electrons. The summed E-state index contributed by atoms with van der Waals surface area (Å²) in [6.45, 7) is 1.63. The molecule has 2 aromatic heterocycles. The summed E-state index contributed by atoms with van der Waals surface area (Å²) in [5, 5.41) is 23.6. The average Bonchev–Trinajstić information content (AvgIpc) is 3.17. The van der Waals surface area contributed by atoms with Crippen LogP contribution in [0.1, 0.15) is 12.8 Å². The maximum Gasteiger partial charge on any atom is 0.204 e. The largest absolute Gasteiger partial charge is 0.393 e. The van der Waals surface area contributed by atoms with Gasteiger partial charge < -0.3 is 10.0 Å². The minimum Gasteiger partial charge on any atom is -0.393 e. The highest BCUT2D eigenvalue weighted by molar-refractivity contribution is 5.66. The molecule has 8 nitrogen and oxygen atoms in total. The molecule has 0 atom stereocenters. The second-order valence-electron chi connectivity index (χ2n) is 5.79. The first-order valence-electron chi connectivity index (χ1n) is 7.89. The lowest BCUT2D eigenvalue weighted by Crippen LogP contribution is -2.36. The van der Waals surface area contributed by atoms with Crippen molar-refractivity contribution in [2.24, 2.45) is 0 Å². The fourth-order valence-electron chi connectivity index (χ4n) is 2.85. The van der Waals surface area contributed by atoms with Gasteiger partial charge >= 0.3 is 0 Å². The van der Waals surface area contributed by atoms with Gasteiger partial charge in [-0.2, -0.15) is 5.21 Å². The highest BCUT2D eigenvalue weighted by Crippen LogP contribution is 2.25. The lowest BCUT2D eigenvalue weighted by molar-refractivity contribution is 0.145. The molecular weight excluding hydrogens is 306 g/mol. The minimum atomic E-state index is -0.194. The first kappa shape index (κ1) is 14.7. The van der Waals surface area contributed by atoms with Crippen LogP contribution in [0.3, 0.4) is 0 Å². The summed E-state index contributed by atoms with van der Waals surface area (Å²) in [4.78, 5) is 10.9. The predicted octanol–water partition coefficient (Wildman–Crippen LogP) is 1.28. The third-order valence-corrected chi connectivity index (χ3v) is 4.23. The monoisotopic (exact) mass is 323 g/mol. The SMILES string of the molecule is OC1CCN(c2cc(-c3ccc(-c4nn[nH]n4)cc3)ncn2)CC1. The maximum absolute atomic E-state index is 9.63. The van der Waals surface area contributed by atoms with E-state index in [2.05, 4.69) is 35.5 Å². The summed E-state index contributed by atoms with van der Waals surface area (Å²) in [7, 11) is 0. The molecule has 2 N–H and O–H groups in total. The van der Waals surface area contributed by atoms with E-state index < -0.39 is 0 Å². The molecular formula is C16H17N7O. The van der Waals surface area contributed by atoms with Crippen molar-refractivity contribution >= 4 is 5.82 Å². The molecule has 1 aliphatic heterocycles. The van der Waals surface area contributed by atoms with Gasteiger partial charge in [-0.15, -0.1) is 10.2 Å².